The number of nitro benzene ring substituents is 1. The molecule has 23 heavy (non-hydrogen) atoms. The summed E-state index contributed by atoms with van der Waals surface area (Å²) in [6.07, 6.45) is 0. The summed E-state index contributed by atoms with van der Waals surface area (Å²) in [5.41, 5.74) is 8.78. The summed E-state index contributed by atoms with van der Waals surface area (Å²) < 4.78 is 0.934. The molecule has 3 aromatic rings. The van der Waals surface area contributed by atoms with Gasteiger partial charge in [0, 0.05) is 27.7 Å². The lowest BCUT2D eigenvalue weighted by atomic mass is 10.1. The molecule has 2 N–H and O–H groups in total. The highest BCUT2D eigenvalue weighted by Gasteiger charge is 2.09. The first-order valence-corrected chi connectivity index (χ1v) is 7.47. The fraction of sp³-hybridized carbons (Fsp3) is 0. The Labute approximate surface area is 140 Å². The Morgan fingerprint density at radius 2 is 1.61 bits per heavy atom. The molecule has 7 heteroatoms. The van der Waals surface area contributed by atoms with E-state index in [1.807, 2.05) is 24.3 Å². The molecule has 0 aliphatic carbocycles. The summed E-state index contributed by atoms with van der Waals surface area (Å²) in [5.74, 6) is 0.149. The van der Waals surface area contributed by atoms with E-state index in [0.717, 1.165) is 15.6 Å². The lowest BCUT2D eigenvalue weighted by molar-refractivity contribution is -0.384. The van der Waals surface area contributed by atoms with Crippen molar-refractivity contribution in [1.82, 2.24) is 9.97 Å². The summed E-state index contributed by atoms with van der Waals surface area (Å²) >= 11 is 3.42. The molecule has 0 bridgehead atoms. The number of halogens is 1. The smallest absolute Gasteiger partial charge is 0.269 e. The molecule has 1 aromatic heterocycles. The molecular weight excluding hydrogens is 360 g/mol. The lowest BCUT2D eigenvalue weighted by Crippen LogP contribution is -1.98. The first kappa shape index (κ1) is 15.1. The van der Waals surface area contributed by atoms with Crippen molar-refractivity contribution >= 4 is 27.6 Å². The molecule has 0 spiro atoms. The maximum atomic E-state index is 10.7. The van der Waals surface area contributed by atoms with Crippen molar-refractivity contribution in [1.29, 1.82) is 0 Å². The van der Waals surface area contributed by atoms with Crippen LogP contribution in [0.4, 0.5) is 11.6 Å². The molecule has 0 radical (unpaired) electrons. The third kappa shape index (κ3) is 3.35. The van der Waals surface area contributed by atoms with Crippen LogP contribution in [0.3, 0.4) is 0 Å². The van der Waals surface area contributed by atoms with Crippen molar-refractivity contribution in [3.8, 4) is 22.5 Å². The number of nitro groups is 1. The van der Waals surface area contributed by atoms with Crippen LogP contribution in [-0.4, -0.2) is 14.9 Å². The fourth-order valence-corrected chi connectivity index (χ4v) is 2.56. The predicted molar refractivity (Wildman–Crippen MR) is 91.7 cm³/mol. The monoisotopic (exact) mass is 370 g/mol. The van der Waals surface area contributed by atoms with Crippen LogP contribution in [0.2, 0.25) is 0 Å². The SMILES string of the molecule is Nc1nc(-c2ccc([N+](=O)[O-])cc2)cc(-c2cccc(Br)c2)n1. The first-order chi connectivity index (χ1) is 11.0. The van der Waals surface area contributed by atoms with Crippen LogP contribution in [0, 0.1) is 10.1 Å². The third-order valence-electron chi connectivity index (χ3n) is 3.24. The molecule has 0 amide bonds. The maximum absolute atomic E-state index is 10.7. The normalized spacial score (nSPS) is 10.5. The van der Waals surface area contributed by atoms with Crippen molar-refractivity contribution in [2.75, 3.05) is 5.73 Å². The van der Waals surface area contributed by atoms with Gasteiger partial charge in [-0.05, 0) is 30.3 Å². The van der Waals surface area contributed by atoms with Gasteiger partial charge in [-0.2, -0.15) is 0 Å². The van der Waals surface area contributed by atoms with Gasteiger partial charge < -0.3 is 5.73 Å². The average Bonchev–Trinajstić information content (AvgIpc) is 2.54. The van der Waals surface area contributed by atoms with Crippen LogP contribution >= 0.6 is 15.9 Å². The van der Waals surface area contributed by atoms with E-state index in [0.29, 0.717) is 11.4 Å². The van der Waals surface area contributed by atoms with Crippen LogP contribution < -0.4 is 5.73 Å². The van der Waals surface area contributed by atoms with E-state index in [-0.39, 0.29) is 11.6 Å². The van der Waals surface area contributed by atoms with Gasteiger partial charge in [0.15, 0.2) is 0 Å². The predicted octanol–water partition coefficient (Wildman–Crippen LogP) is 4.06. The number of non-ortho nitro benzene ring substituents is 1. The van der Waals surface area contributed by atoms with E-state index in [2.05, 4.69) is 25.9 Å². The van der Waals surface area contributed by atoms with E-state index in [4.69, 9.17) is 5.73 Å². The topological polar surface area (TPSA) is 94.9 Å². The number of nitrogens with zero attached hydrogens (tertiary/aromatic N) is 3. The number of rotatable bonds is 3. The van der Waals surface area contributed by atoms with Crippen LogP contribution in [0.15, 0.2) is 59.1 Å². The largest absolute Gasteiger partial charge is 0.368 e. The first-order valence-electron chi connectivity index (χ1n) is 6.68. The van der Waals surface area contributed by atoms with Gasteiger partial charge >= 0.3 is 0 Å². The summed E-state index contributed by atoms with van der Waals surface area (Å²) in [6.45, 7) is 0. The molecule has 1 heterocycles. The van der Waals surface area contributed by atoms with Crippen molar-refractivity contribution < 1.29 is 4.92 Å². The molecule has 114 valence electrons. The molecule has 0 fully saturated rings. The van der Waals surface area contributed by atoms with Gasteiger partial charge in [-0.1, -0.05) is 28.1 Å². The van der Waals surface area contributed by atoms with Gasteiger partial charge in [0.25, 0.3) is 5.69 Å². The molecule has 0 unspecified atom stereocenters. The quantitative estimate of drug-likeness (QED) is 0.553. The Kier molecular flexibility index (Phi) is 4.03. The van der Waals surface area contributed by atoms with Crippen LogP contribution in [0.1, 0.15) is 0 Å². The zero-order chi connectivity index (χ0) is 16.4. The highest BCUT2D eigenvalue weighted by molar-refractivity contribution is 9.10. The zero-order valence-electron chi connectivity index (χ0n) is 11.8. The van der Waals surface area contributed by atoms with E-state index < -0.39 is 4.92 Å². The van der Waals surface area contributed by atoms with Crippen molar-refractivity contribution in [3.05, 3.63) is 69.2 Å². The molecule has 0 aliphatic rings. The lowest BCUT2D eigenvalue weighted by Gasteiger charge is -2.07. The molecular formula is C16H11BrN4O2. The van der Waals surface area contributed by atoms with Gasteiger partial charge in [-0.15, -0.1) is 0 Å². The number of benzene rings is 2. The Morgan fingerprint density at radius 3 is 2.22 bits per heavy atom. The van der Waals surface area contributed by atoms with Gasteiger partial charge in [-0.3, -0.25) is 10.1 Å². The van der Waals surface area contributed by atoms with E-state index in [1.54, 1.807) is 18.2 Å². The molecule has 0 saturated heterocycles. The van der Waals surface area contributed by atoms with Crippen molar-refractivity contribution in [3.63, 3.8) is 0 Å². The molecule has 0 aliphatic heterocycles. The van der Waals surface area contributed by atoms with Crippen LogP contribution in [0.5, 0.6) is 0 Å². The molecule has 6 nitrogen and oxygen atoms in total. The maximum Gasteiger partial charge on any atom is 0.269 e. The number of nitrogens with two attached hydrogens (primary N) is 1. The fourth-order valence-electron chi connectivity index (χ4n) is 2.16. The van der Waals surface area contributed by atoms with Gasteiger partial charge in [0.2, 0.25) is 5.95 Å². The standard InChI is InChI=1S/C16H11BrN4O2/c17-12-3-1-2-11(8-12)15-9-14(19-16(18)20-15)10-4-6-13(7-5-10)21(22)23/h1-9H,(H2,18,19,20). The average molecular weight is 371 g/mol. The minimum Gasteiger partial charge on any atom is -0.368 e. The van der Waals surface area contributed by atoms with E-state index >= 15 is 0 Å². The van der Waals surface area contributed by atoms with E-state index in [1.165, 1.54) is 12.1 Å². The second-order valence-corrected chi connectivity index (χ2v) is 5.73. The van der Waals surface area contributed by atoms with Gasteiger partial charge in [0.1, 0.15) is 0 Å². The molecule has 2 aromatic carbocycles. The van der Waals surface area contributed by atoms with Crippen molar-refractivity contribution in [2.45, 2.75) is 0 Å². The molecule has 0 atom stereocenters. The van der Waals surface area contributed by atoms with Crippen LogP contribution in [-0.2, 0) is 0 Å². The van der Waals surface area contributed by atoms with E-state index in [9.17, 15) is 10.1 Å². The highest BCUT2D eigenvalue weighted by atomic mass is 79.9. The number of nitrogen functional groups attached to an aromatic ring is 1. The number of hydrogen-bond acceptors (Lipinski definition) is 5. The summed E-state index contributed by atoms with van der Waals surface area (Å²) in [6, 6.07) is 15.6. The van der Waals surface area contributed by atoms with Crippen LogP contribution in [0.25, 0.3) is 22.5 Å². The summed E-state index contributed by atoms with van der Waals surface area (Å²) in [4.78, 5) is 18.8. The number of hydrogen-bond donors (Lipinski definition) is 1. The number of anilines is 1. The Bertz CT molecular complexity index is 882. The van der Waals surface area contributed by atoms with Crippen molar-refractivity contribution in [2.24, 2.45) is 0 Å². The Balaban J connectivity index is 2.05. The number of aromatic nitrogens is 2. The van der Waals surface area contributed by atoms with Gasteiger partial charge in [-0.25, -0.2) is 9.97 Å². The minimum atomic E-state index is -0.439. The second kappa shape index (κ2) is 6.13. The molecule has 0 saturated carbocycles. The summed E-state index contributed by atoms with van der Waals surface area (Å²) in [7, 11) is 0. The minimum absolute atomic E-state index is 0.0305. The Hall–Kier alpha value is -2.80. The highest BCUT2D eigenvalue weighted by Crippen LogP contribution is 2.27. The van der Waals surface area contributed by atoms with Gasteiger partial charge in [0.05, 0.1) is 16.3 Å². The third-order valence-corrected chi connectivity index (χ3v) is 3.73. The molecule has 3 rings (SSSR count). The Morgan fingerprint density at radius 1 is 0.957 bits per heavy atom. The second-order valence-electron chi connectivity index (χ2n) is 4.81. The zero-order valence-corrected chi connectivity index (χ0v) is 13.4. The summed E-state index contributed by atoms with van der Waals surface area (Å²) in [5, 5.41) is 10.7.